The van der Waals surface area contributed by atoms with Crippen LogP contribution in [0.15, 0.2) is 54.9 Å². The number of nitrogens with zero attached hydrogens (tertiary/aromatic N) is 2. The average Bonchev–Trinajstić information content (AvgIpc) is 3.25. The van der Waals surface area contributed by atoms with Crippen LogP contribution in [0.2, 0.25) is 0 Å². The summed E-state index contributed by atoms with van der Waals surface area (Å²) in [5.74, 6) is 0.324. The molecule has 0 aliphatic carbocycles. The Kier molecular flexibility index (Phi) is 7.34. The number of rotatable bonds is 2. The van der Waals surface area contributed by atoms with Crippen molar-refractivity contribution in [3.05, 3.63) is 65.3 Å². The number of nitrogens with one attached hydrogen (secondary N) is 3. The standard InChI is InChI=1S/C8H8N2.C7H10N2.C2H4N4S/c9-7-1-2-8-6(5-7)3-4-10-8;8-5-4-7-3-1-2-6-9-7;3-1-4-2(7)6-5-1/h1-5,10H,9H2;1-3,6H,4-5,8H2;(H4,3,4,5,6,7). The molecule has 1 aromatic carbocycles. The number of aromatic amines is 3. The monoisotopic (exact) mass is 370 g/mol. The highest BCUT2D eigenvalue weighted by Crippen LogP contribution is 2.14. The van der Waals surface area contributed by atoms with Crippen molar-refractivity contribution in [2.24, 2.45) is 5.73 Å². The molecule has 0 aliphatic heterocycles. The van der Waals surface area contributed by atoms with Crippen LogP contribution in [0, 0.1) is 4.77 Å². The van der Waals surface area contributed by atoms with Gasteiger partial charge in [-0.05, 0) is 55.2 Å². The van der Waals surface area contributed by atoms with Crippen LogP contribution in [0.25, 0.3) is 10.9 Å². The van der Waals surface area contributed by atoms with Gasteiger partial charge in [-0.3, -0.25) is 15.2 Å². The number of nitrogens with two attached hydrogens (primary N) is 3. The lowest BCUT2D eigenvalue weighted by molar-refractivity contribution is 0.923. The summed E-state index contributed by atoms with van der Waals surface area (Å²) in [6, 6.07) is 13.7. The molecule has 0 spiro atoms. The molecule has 26 heavy (non-hydrogen) atoms. The molecular formula is C17H22N8S. The number of pyridine rings is 1. The molecule has 4 rings (SSSR count). The Morgan fingerprint density at radius 3 is 2.46 bits per heavy atom. The van der Waals surface area contributed by atoms with Gasteiger partial charge in [0.2, 0.25) is 10.7 Å². The highest BCUT2D eigenvalue weighted by molar-refractivity contribution is 7.71. The van der Waals surface area contributed by atoms with Crippen molar-refractivity contribution in [2.75, 3.05) is 18.0 Å². The molecule has 9 heteroatoms. The van der Waals surface area contributed by atoms with E-state index in [0.29, 0.717) is 17.3 Å². The van der Waals surface area contributed by atoms with Crippen LogP contribution in [0.5, 0.6) is 0 Å². The largest absolute Gasteiger partial charge is 0.399 e. The maximum atomic E-state index is 5.57. The smallest absolute Gasteiger partial charge is 0.215 e. The van der Waals surface area contributed by atoms with Gasteiger partial charge in [0.1, 0.15) is 0 Å². The van der Waals surface area contributed by atoms with Crippen LogP contribution >= 0.6 is 12.2 Å². The van der Waals surface area contributed by atoms with Crippen molar-refractivity contribution < 1.29 is 0 Å². The van der Waals surface area contributed by atoms with Crippen LogP contribution in [0.1, 0.15) is 5.69 Å². The topological polar surface area (TPSA) is 151 Å². The zero-order chi connectivity index (χ0) is 18.8. The van der Waals surface area contributed by atoms with Crippen molar-refractivity contribution in [1.82, 2.24) is 25.1 Å². The Morgan fingerprint density at radius 2 is 1.88 bits per heavy atom. The van der Waals surface area contributed by atoms with Crippen LogP contribution < -0.4 is 17.2 Å². The maximum absolute atomic E-state index is 5.57. The maximum Gasteiger partial charge on any atom is 0.215 e. The van der Waals surface area contributed by atoms with Crippen LogP contribution in [-0.4, -0.2) is 31.7 Å². The Morgan fingerprint density at radius 1 is 1.04 bits per heavy atom. The molecule has 0 saturated carbocycles. The van der Waals surface area contributed by atoms with Crippen molar-refractivity contribution in [1.29, 1.82) is 0 Å². The van der Waals surface area contributed by atoms with E-state index in [2.05, 4.69) is 37.4 Å². The summed E-state index contributed by atoms with van der Waals surface area (Å²) in [5.41, 5.74) is 19.0. The first-order chi connectivity index (χ1) is 12.6. The van der Waals surface area contributed by atoms with Gasteiger partial charge in [-0.2, -0.15) is 4.98 Å². The minimum atomic E-state index is 0.324. The normalized spacial score (nSPS) is 9.73. The fraction of sp³-hybridized carbons (Fsp3) is 0.118. The first-order valence-corrected chi connectivity index (χ1v) is 8.32. The molecule has 8 nitrogen and oxygen atoms in total. The van der Waals surface area contributed by atoms with E-state index >= 15 is 0 Å². The first-order valence-electron chi connectivity index (χ1n) is 7.91. The second-order valence-electron chi connectivity index (χ2n) is 5.24. The van der Waals surface area contributed by atoms with E-state index in [0.717, 1.165) is 23.3 Å². The SMILES string of the molecule is NCCc1ccccn1.Nc1ccc2[nH]ccc2c1.Nc1nc(=S)[nH][nH]1. The summed E-state index contributed by atoms with van der Waals surface area (Å²) in [4.78, 5) is 10.8. The number of H-pyrrole nitrogens is 3. The van der Waals surface area contributed by atoms with Gasteiger partial charge in [-0.25, -0.2) is 0 Å². The van der Waals surface area contributed by atoms with Crippen molar-refractivity contribution in [2.45, 2.75) is 6.42 Å². The Labute approximate surface area is 155 Å². The van der Waals surface area contributed by atoms with E-state index in [-0.39, 0.29) is 0 Å². The molecule has 0 unspecified atom stereocenters. The zero-order valence-electron chi connectivity index (χ0n) is 14.1. The molecule has 0 atom stereocenters. The minimum absolute atomic E-state index is 0.324. The van der Waals surface area contributed by atoms with E-state index in [1.165, 1.54) is 5.39 Å². The van der Waals surface area contributed by atoms with Crippen LogP contribution in [0.4, 0.5) is 11.6 Å². The molecule has 4 aromatic rings. The molecule has 0 fully saturated rings. The number of nitrogen functional groups attached to an aromatic ring is 2. The highest BCUT2D eigenvalue weighted by Gasteiger charge is 1.91. The molecule has 0 saturated heterocycles. The highest BCUT2D eigenvalue weighted by atomic mass is 32.1. The van der Waals surface area contributed by atoms with E-state index in [4.69, 9.17) is 17.2 Å². The fourth-order valence-corrected chi connectivity index (χ4v) is 2.20. The number of hydrogen-bond acceptors (Lipinski definition) is 6. The predicted molar refractivity (Wildman–Crippen MR) is 108 cm³/mol. The first kappa shape index (κ1) is 19.2. The van der Waals surface area contributed by atoms with Crippen LogP contribution in [0.3, 0.4) is 0 Å². The van der Waals surface area contributed by atoms with Crippen molar-refractivity contribution in [3.63, 3.8) is 0 Å². The molecule has 0 amide bonds. The summed E-state index contributed by atoms with van der Waals surface area (Å²) < 4.78 is 0.387. The Hall–Kier alpha value is -3.17. The molecule has 136 valence electrons. The zero-order valence-corrected chi connectivity index (χ0v) is 15.0. The summed E-state index contributed by atoms with van der Waals surface area (Å²) in [7, 11) is 0. The number of benzene rings is 1. The molecule has 3 heterocycles. The van der Waals surface area contributed by atoms with Gasteiger partial charge in [0.15, 0.2) is 0 Å². The molecule has 0 bridgehead atoms. The third kappa shape index (κ3) is 6.38. The molecule has 0 radical (unpaired) electrons. The van der Waals surface area contributed by atoms with Gasteiger partial charge in [0.25, 0.3) is 0 Å². The van der Waals surface area contributed by atoms with Crippen molar-refractivity contribution in [3.8, 4) is 0 Å². The second-order valence-corrected chi connectivity index (χ2v) is 5.62. The van der Waals surface area contributed by atoms with Gasteiger partial charge >= 0.3 is 0 Å². The fourth-order valence-electron chi connectivity index (χ4n) is 2.05. The molecule has 9 N–H and O–H groups in total. The van der Waals surface area contributed by atoms with E-state index in [9.17, 15) is 0 Å². The van der Waals surface area contributed by atoms with E-state index in [1.54, 1.807) is 6.20 Å². The lowest BCUT2D eigenvalue weighted by atomic mass is 10.2. The predicted octanol–water partition coefficient (Wildman–Crippen LogP) is 2.38. The van der Waals surface area contributed by atoms with E-state index in [1.807, 2.05) is 48.7 Å². The van der Waals surface area contributed by atoms with Gasteiger partial charge in [0, 0.05) is 41.1 Å². The lowest BCUT2D eigenvalue weighted by Crippen LogP contribution is -2.03. The van der Waals surface area contributed by atoms with Gasteiger partial charge in [-0.1, -0.05) is 6.07 Å². The van der Waals surface area contributed by atoms with Gasteiger partial charge < -0.3 is 22.2 Å². The number of aromatic nitrogens is 5. The third-order valence-corrected chi connectivity index (χ3v) is 3.42. The van der Waals surface area contributed by atoms with Gasteiger partial charge in [0.05, 0.1) is 0 Å². The van der Waals surface area contributed by atoms with Gasteiger partial charge in [-0.15, -0.1) is 0 Å². The summed E-state index contributed by atoms with van der Waals surface area (Å²) in [6.07, 6.45) is 4.57. The number of hydrogen-bond donors (Lipinski definition) is 6. The molecular weight excluding hydrogens is 348 g/mol. The summed E-state index contributed by atoms with van der Waals surface area (Å²) >= 11 is 4.55. The van der Waals surface area contributed by atoms with Crippen LogP contribution in [-0.2, 0) is 6.42 Å². The summed E-state index contributed by atoms with van der Waals surface area (Å²) in [6.45, 7) is 0.678. The van der Waals surface area contributed by atoms with E-state index < -0.39 is 0 Å². The quantitative estimate of drug-likeness (QED) is 0.235. The third-order valence-electron chi connectivity index (χ3n) is 3.22. The number of fused-ring (bicyclic) bond motifs is 1. The molecule has 3 aromatic heterocycles. The lowest BCUT2D eigenvalue weighted by Gasteiger charge is -1.92. The second kappa shape index (κ2) is 9.97. The summed E-state index contributed by atoms with van der Waals surface area (Å²) in [5, 5.41) is 6.19. The minimum Gasteiger partial charge on any atom is -0.399 e. The Bertz CT molecular complexity index is 957. The molecule has 0 aliphatic rings. The number of anilines is 2. The average molecular weight is 370 g/mol. The van der Waals surface area contributed by atoms with Crippen molar-refractivity contribution >= 4 is 34.8 Å². The Balaban J connectivity index is 0.000000143.